The minimum Gasteiger partial charge on any atom is -0.303 e. The van der Waals surface area contributed by atoms with E-state index in [0.29, 0.717) is 0 Å². The van der Waals surface area contributed by atoms with Crippen molar-refractivity contribution in [2.45, 2.75) is 119 Å². The fourth-order valence-corrected chi connectivity index (χ4v) is 4.07. The van der Waals surface area contributed by atoms with Gasteiger partial charge in [0.2, 0.25) is 0 Å². The van der Waals surface area contributed by atoms with Crippen molar-refractivity contribution >= 4 is 0 Å². The normalized spacial score (nSPS) is 15.5. The molecular weight excluding hydrogens is 302 g/mol. The molecule has 0 radical (unpaired) electrons. The maximum Gasteiger partial charge on any atom is 0.000979 e. The van der Waals surface area contributed by atoms with Crippen LogP contribution in [0.2, 0.25) is 0 Å². The lowest BCUT2D eigenvalue weighted by Gasteiger charge is -2.33. The van der Waals surface area contributed by atoms with Crippen LogP contribution in [-0.4, -0.2) is 24.5 Å². The summed E-state index contributed by atoms with van der Waals surface area (Å²) in [7, 11) is 0. The molecule has 25 heavy (non-hydrogen) atoms. The molecule has 0 aromatic heterocycles. The van der Waals surface area contributed by atoms with Gasteiger partial charge in [-0.3, -0.25) is 0 Å². The summed E-state index contributed by atoms with van der Waals surface area (Å²) in [5.74, 6) is 2.73. The van der Waals surface area contributed by atoms with Crippen molar-refractivity contribution in [1.29, 1.82) is 0 Å². The molecule has 0 fully saturated rings. The quantitative estimate of drug-likeness (QED) is 0.242. The first-order chi connectivity index (χ1) is 12.1. The van der Waals surface area contributed by atoms with Gasteiger partial charge in [-0.05, 0) is 37.0 Å². The minimum atomic E-state index is 0.910. The zero-order chi connectivity index (χ0) is 18.9. The molecule has 0 aromatic rings. The number of rotatable bonds is 18. The van der Waals surface area contributed by atoms with Gasteiger partial charge in [0.25, 0.3) is 0 Å². The van der Waals surface area contributed by atoms with Crippen molar-refractivity contribution in [3.63, 3.8) is 0 Å². The van der Waals surface area contributed by atoms with E-state index in [1.165, 1.54) is 96.7 Å². The molecule has 0 amide bonds. The molecule has 0 saturated heterocycles. The van der Waals surface area contributed by atoms with Crippen molar-refractivity contribution in [3.05, 3.63) is 0 Å². The molecule has 0 heterocycles. The van der Waals surface area contributed by atoms with Crippen molar-refractivity contribution in [2.75, 3.05) is 19.6 Å². The summed E-state index contributed by atoms with van der Waals surface area (Å²) in [5.41, 5.74) is 0. The highest BCUT2D eigenvalue weighted by Gasteiger charge is 2.19. The smallest absolute Gasteiger partial charge is 0.000979 e. The van der Waals surface area contributed by atoms with Gasteiger partial charge in [-0.15, -0.1) is 0 Å². The minimum absolute atomic E-state index is 0.910. The summed E-state index contributed by atoms with van der Waals surface area (Å²) in [4.78, 5) is 2.89. The Morgan fingerprint density at radius 3 is 0.960 bits per heavy atom. The van der Waals surface area contributed by atoms with Crippen molar-refractivity contribution in [2.24, 2.45) is 17.8 Å². The summed E-state index contributed by atoms with van der Waals surface area (Å²) in [6, 6.07) is 0. The molecule has 0 aromatic carbocycles. The maximum atomic E-state index is 2.89. The zero-order valence-corrected chi connectivity index (χ0v) is 18.8. The van der Waals surface area contributed by atoms with Gasteiger partial charge in [-0.1, -0.05) is 99.3 Å². The second kappa shape index (κ2) is 17.4. The molecule has 152 valence electrons. The first kappa shape index (κ1) is 25.0. The van der Waals surface area contributed by atoms with Gasteiger partial charge >= 0.3 is 0 Å². The Bertz CT molecular complexity index is 220. The number of unbranched alkanes of at least 4 members (excludes halogenated alkanes) is 3. The fourth-order valence-electron chi connectivity index (χ4n) is 4.07. The van der Waals surface area contributed by atoms with Gasteiger partial charge in [0.1, 0.15) is 0 Å². The molecule has 0 rings (SSSR count). The lowest BCUT2D eigenvalue weighted by molar-refractivity contribution is 0.152. The molecule has 0 aliphatic carbocycles. The Labute approximate surface area is 161 Å². The van der Waals surface area contributed by atoms with Crippen LogP contribution in [0.5, 0.6) is 0 Å². The first-order valence-electron chi connectivity index (χ1n) is 11.9. The molecular formula is C24H51N. The fraction of sp³-hybridized carbons (Fsp3) is 1.00. The number of hydrogen-bond donors (Lipinski definition) is 0. The van der Waals surface area contributed by atoms with E-state index in [4.69, 9.17) is 0 Å². The van der Waals surface area contributed by atoms with Gasteiger partial charge in [0.15, 0.2) is 0 Å². The van der Waals surface area contributed by atoms with Crippen LogP contribution >= 0.6 is 0 Å². The highest BCUT2D eigenvalue weighted by Crippen LogP contribution is 2.22. The Morgan fingerprint density at radius 1 is 0.480 bits per heavy atom. The van der Waals surface area contributed by atoms with E-state index in [1.807, 2.05) is 0 Å². The summed E-state index contributed by atoms with van der Waals surface area (Å²) >= 11 is 0. The van der Waals surface area contributed by atoms with E-state index < -0.39 is 0 Å². The van der Waals surface area contributed by atoms with Crippen LogP contribution in [0.25, 0.3) is 0 Å². The average molecular weight is 354 g/mol. The van der Waals surface area contributed by atoms with Crippen LogP contribution in [0.4, 0.5) is 0 Å². The summed E-state index contributed by atoms with van der Waals surface area (Å²) in [5, 5.41) is 0. The van der Waals surface area contributed by atoms with E-state index >= 15 is 0 Å². The first-order valence-corrected chi connectivity index (χ1v) is 11.9. The number of nitrogens with zero attached hydrogens (tertiary/aromatic N) is 1. The van der Waals surface area contributed by atoms with Gasteiger partial charge in [-0.25, -0.2) is 0 Å². The van der Waals surface area contributed by atoms with Crippen LogP contribution in [0.3, 0.4) is 0 Å². The SMILES string of the molecule is CCCC[C@@H](CC)CN(C[C@@H](CC)CCCC)C[C@@H](CC)CCCC. The summed E-state index contributed by atoms with van der Waals surface area (Å²) in [6.45, 7) is 18.3. The lowest BCUT2D eigenvalue weighted by Crippen LogP contribution is -2.37. The predicted octanol–water partition coefficient (Wildman–Crippen LogP) is 7.94. The Morgan fingerprint density at radius 2 is 0.760 bits per heavy atom. The maximum absolute atomic E-state index is 2.89. The highest BCUT2D eigenvalue weighted by atomic mass is 15.1. The Hall–Kier alpha value is -0.0400. The number of hydrogen-bond acceptors (Lipinski definition) is 1. The van der Waals surface area contributed by atoms with Crippen molar-refractivity contribution < 1.29 is 0 Å². The molecule has 0 aliphatic heterocycles. The van der Waals surface area contributed by atoms with E-state index in [9.17, 15) is 0 Å². The molecule has 0 spiro atoms. The Balaban J connectivity index is 4.80. The average Bonchev–Trinajstić information content (AvgIpc) is 2.64. The second-order valence-electron chi connectivity index (χ2n) is 8.47. The third-order valence-corrected chi connectivity index (χ3v) is 6.18. The standard InChI is InChI=1S/C24H51N/c1-7-13-16-22(10-4)19-25(20-23(11-5)17-14-8-2)21-24(12-6)18-15-9-3/h22-24H,7-21H2,1-6H3/t22-,23-,24+/m0/s1. The van der Waals surface area contributed by atoms with E-state index in [1.54, 1.807) is 0 Å². The van der Waals surface area contributed by atoms with Crippen LogP contribution in [0.1, 0.15) is 119 Å². The third-order valence-electron chi connectivity index (χ3n) is 6.18. The molecule has 0 unspecified atom stereocenters. The van der Waals surface area contributed by atoms with Crippen molar-refractivity contribution in [3.8, 4) is 0 Å². The molecule has 0 N–H and O–H groups in total. The molecule has 1 heteroatoms. The summed E-state index contributed by atoms with van der Waals surface area (Å²) < 4.78 is 0. The second-order valence-corrected chi connectivity index (χ2v) is 8.47. The molecule has 0 bridgehead atoms. The monoisotopic (exact) mass is 353 g/mol. The predicted molar refractivity (Wildman–Crippen MR) is 116 cm³/mol. The van der Waals surface area contributed by atoms with Crippen LogP contribution < -0.4 is 0 Å². The molecule has 0 saturated carbocycles. The third kappa shape index (κ3) is 12.9. The Kier molecular flexibility index (Phi) is 17.3. The van der Waals surface area contributed by atoms with E-state index in [0.717, 1.165) is 17.8 Å². The van der Waals surface area contributed by atoms with Crippen LogP contribution in [-0.2, 0) is 0 Å². The van der Waals surface area contributed by atoms with Crippen molar-refractivity contribution in [1.82, 2.24) is 4.90 Å². The molecule has 3 atom stereocenters. The lowest BCUT2D eigenvalue weighted by atomic mass is 9.93. The molecule has 1 nitrogen and oxygen atoms in total. The largest absolute Gasteiger partial charge is 0.303 e. The van der Waals surface area contributed by atoms with Crippen LogP contribution in [0, 0.1) is 17.8 Å². The van der Waals surface area contributed by atoms with Crippen LogP contribution in [0.15, 0.2) is 0 Å². The van der Waals surface area contributed by atoms with E-state index in [2.05, 4.69) is 46.4 Å². The summed E-state index contributed by atoms with van der Waals surface area (Å²) in [6.07, 6.45) is 16.6. The van der Waals surface area contributed by atoms with Gasteiger partial charge in [0.05, 0.1) is 0 Å². The van der Waals surface area contributed by atoms with Gasteiger partial charge in [-0.2, -0.15) is 0 Å². The highest BCUT2D eigenvalue weighted by molar-refractivity contribution is 4.73. The topological polar surface area (TPSA) is 3.24 Å². The van der Waals surface area contributed by atoms with Gasteiger partial charge in [0, 0.05) is 19.6 Å². The molecule has 0 aliphatic rings. The van der Waals surface area contributed by atoms with Gasteiger partial charge < -0.3 is 4.90 Å². The van der Waals surface area contributed by atoms with E-state index in [-0.39, 0.29) is 0 Å². The zero-order valence-electron chi connectivity index (χ0n) is 18.8.